The molecule has 5 nitrogen and oxygen atoms in total. The van der Waals surface area contributed by atoms with E-state index in [0.29, 0.717) is 31.6 Å². The van der Waals surface area contributed by atoms with Gasteiger partial charge in [-0.1, -0.05) is 19.1 Å². The van der Waals surface area contributed by atoms with Gasteiger partial charge >= 0.3 is 5.97 Å². The van der Waals surface area contributed by atoms with E-state index in [-0.39, 0.29) is 11.8 Å². The molecule has 2 rings (SSSR count). The molecule has 0 saturated carbocycles. The summed E-state index contributed by atoms with van der Waals surface area (Å²) in [5, 5.41) is 9.07. The molecule has 1 aliphatic rings. The van der Waals surface area contributed by atoms with Crippen molar-refractivity contribution in [3.05, 3.63) is 29.8 Å². The van der Waals surface area contributed by atoms with Crippen LogP contribution >= 0.6 is 0 Å². The molecule has 0 spiro atoms. The lowest BCUT2D eigenvalue weighted by Crippen LogP contribution is -2.42. The number of carboxylic acids is 1. The van der Waals surface area contributed by atoms with Crippen LogP contribution in [0.25, 0.3) is 0 Å². The Kier molecular flexibility index (Phi) is 4.83. The first-order valence-corrected chi connectivity index (χ1v) is 7.33. The maximum atomic E-state index is 12.3. The number of anilines is 1. The maximum Gasteiger partial charge on any atom is 0.308 e. The Hall–Kier alpha value is -2.04. The second-order valence-electron chi connectivity index (χ2n) is 5.79. The Balaban J connectivity index is 1.94. The van der Waals surface area contributed by atoms with E-state index in [0.717, 1.165) is 12.0 Å². The molecule has 1 aliphatic heterocycles. The van der Waals surface area contributed by atoms with Crippen LogP contribution in [-0.4, -0.2) is 35.0 Å². The topological polar surface area (TPSA) is 83.6 Å². The third kappa shape index (κ3) is 3.97. The molecule has 2 atom stereocenters. The van der Waals surface area contributed by atoms with Crippen LogP contribution in [0.3, 0.4) is 0 Å². The molecule has 3 N–H and O–H groups in total. The van der Waals surface area contributed by atoms with Gasteiger partial charge in [-0.15, -0.1) is 0 Å². The number of nitrogens with zero attached hydrogens (tertiary/aromatic N) is 1. The molecule has 1 amide bonds. The normalized spacial score (nSPS) is 20.0. The van der Waals surface area contributed by atoms with Crippen LogP contribution in [0.1, 0.15) is 37.7 Å². The lowest BCUT2D eigenvalue weighted by Gasteiger charge is -2.31. The zero-order chi connectivity index (χ0) is 15.4. The van der Waals surface area contributed by atoms with Gasteiger partial charge < -0.3 is 15.7 Å². The highest BCUT2D eigenvalue weighted by molar-refractivity contribution is 5.78. The Morgan fingerprint density at radius 2 is 2.05 bits per heavy atom. The van der Waals surface area contributed by atoms with Crippen LogP contribution in [0.15, 0.2) is 24.3 Å². The number of carboxylic acid groups (broad SMARTS) is 1. The molecule has 1 heterocycles. The van der Waals surface area contributed by atoms with Crippen molar-refractivity contribution in [3.63, 3.8) is 0 Å². The molecule has 0 aliphatic carbocycles. The first kappa shape index (κ1) is 15.4. The maximum absolute atomic E-state index is 12.3. The van der Waals surface area contributed by atoms with Gasteiger partial charge in [-0.25, -0.2) is 0 Å². The number of carbonyl (C=O) groups is 2. The molecular weight excluding hydrogens is 268 g/mol. The lowest BCUT2D eigenvalue weighted by molar-refractivity contribution is -0.145. The number of benzene rings is 1. The molecule has 0 radical (unpaired) electrons. The van der Waals surface area contributed by atoms with Gasteiger partial charge in [-0.3, -0.25) is 9.59 Å². The average molecular weight is 290 g/mol. The third-order valence-corrected chi connectivity index (χ3v) is 4.11. The van der Waals surface area contributed by atoms with Gasteiger partial charge in [-0.2, -0.15) is 0 Å². The van der Waals surface area contributed by atoms with Gasteiger partial charge in [0.25, 0.3) is 0 Å². The van der Waals surface area contributed by atoms with E-state index < -0.39 is 11.9 Å². The van der Waals surface area contributed by atoms with Crippen molar-refractivity contribution >= 4 is 17.6 Å². The van der Waals surface area contributed by atoms with Gasteiger partial charge in [0, 0.05) is 25.2 Å². The number of likely N-dealkylation sites (tertiary alicyclic amines) is 1. The van der Waals surface area contributed by atoms with E-state index >= 15 is 0 Å². The Bertz CT molecular complexity index is 513. The summed E-state index contributed by atoms with van der Waals surface area (Å²) in [6.45, 7) is 3.00. The number of rotatable bonds is 4. The summed E-state index contributed by atoms with van der Waals surface area (Å²) in [6.07, 6.45) is 1.82. The van der Waals surface area contributed by atoms with Crippen molar-refractivity contribution in [2.24, 2.45) is 5.92 Å². The summed E-state index contributed by atoms with van der Waals surface area (Å²) in [6, 6.07) is 7.53. The van der Waals surface area contributed by atoms with E-state index in [2.05, 4.69) is 0 Å². The lowest BCUT2D eigenvalue weighted by atomic mass is 9.94. The fourth-order valence-corrected chi connectivity index (χ4v) is 2.74. The monoisotopic (exact) mass is 290 g/mol. The molecular formula is C16H22N2O3. The number of nitrogens with two attached hydrogens (primary N) is 1. The summed E-state index contributed by atoms with van der Waals surface area (Å²) >= 11 is 0. The second kappa shape index (κ2) is 6.61. The molecule has 5 heteroatoms. The average Bonchev–Trinajstić information content (AvgIpc) is 2.48. The fraction of sp³-hybridized carbons (Fsp3) is 0.500. The zero-order valence-electron chi connectivity index (χ0n) is 12.3. The van der Waals surface area contributed by atoms with E-state index in [1.165, 1.54) is 0 Å². The SMILES string of the molecule is CC(CC(=O)N1CCC[C@@H](C(=O)O)C1)c1ccc(N)cc1. The predicted octanol–water partition coefficient (Wildman–Crippen LogP) is 2.09. The molecule has 1 fully saturated rings. The first-order valence-electron chi connectivity index (χ1n) is 7.33. The van der Waals surface area contributed by atoms with E-state index in [1.54, 1.807) is 4.90 Å². The van der Waals surface area contributed by atoms with Crippen LogP contribution in [0.4, 0.5) is 5.69 Å². The molecule has 114 valence electrons. The molecule has 1 aromatic carbocycles. The highest BCUT2D eigenvalue weighted by Crippen LogP contribution is 2.23. The van der Waals surface area contributed by atoms with Crippen LogP contribution in [0, 0.1) is 5.92 Å². The highest BCUT2D eigenvalue weighted by atomic mass is 16.4. The number of carbonyl (C=O) groups excluding carboxylic acids is 1. The fourth-order valence-electron chi connectivity index (χ4n) is 2.74. The third-order valence-electron chi connectivity index (χ3n) is 4.11. The number of piperidine rings is 1. The second-order valence-corrected chi connectivity index (χ2v) is 5.79. The van der Waals surface area contributed by atoms with Gasteiger partial charge in [0.15, 0.2) is 0 Å². The van der Waals surface area contributed by atoms with Gasteiger partial charge in [0.05, 0.1) is 5.92 Å². The number of hydrogen-bond acceptors (Lipinski definition) is 3. The highest BCUT2D eigenvalue weighted by Gasteiger charge is 2.28. The minimum Gasteiger partial charge on any atom is -0.481 e. The largest absolute Gasteiger partial charge is 0.481 e. The van der Waals surface area contributed by atoms with Crippen LogP contribution < -0.4 is 5.73 Å². The summed E-state index contributed by atoms with van der Waals surface area (Å²) < 4.78 is 0. The van der Waals surface area contributed by atoms with Crippen molar-refractivity contribution in [2.75, 3.05) is 18.8 Å². The minimum absolute atomic E-state index is 0.0327. The van der Waals surface area contributed by atoms with Crippen LogP contribution in [0.2, 0.25) is 0 Å². The van der Waals surface area contributed by atoms with Crippen molar-refractivity contribution in [3.8, 4) is 0 Å². The molecule has 1 aromatic rings. The summed E-state index contributed by atoms with van der Waals surface area (Å²) in [5.74, 6) is -1.10. The van der Waals surface area contributed by atoms with Crippen LogP contribution in [0.5, 0.6) is 0 Å². The zero-order valence-corrected chi connectivity index (χ0v) is 12.3. The van der Waals surface area contributed by atoms with E-state index in [1.807, 2.05) is 31.2 Å². The van der Waals surface area contributed by atoms with Gasteiger partial charge in [0.1, 0.15) is 0 Å². The van der Waals surface area contributed by atoms with Crippen LogP contribution in [-0.2, 0) is 9.59 Å². The first-order chi connectivity index (χ1) is 9.97. The molecule has 0 aromatic heterocycles. The van der Waals surface area contributed by atoms with E-state index in [9.17, 15) is 9.59 Å². The predicted molar refractivity (Wildman–Crippen MR) is 80.8 cm³/mol. The Labute approximate surface area is 124 Å². The minimum atomic E-state index is -0.806. The van der Waals surface area contributed by atoms with Crippen molar-refractivity contribution in [1.82, 2.24) is 4.90 Å². The number of nitrogen functional groups attached to an aromatic ring is 1. The number of amides is 1. The standard InChI is InChI=1S/C16H22N2O3/c1-11(12-4-6-14(17)7-5-12)9-15(19)18-8-2-3-13(10-18)16(20)21/h4-7,11,13H,2-3,8-10,17H2,1H3,(H,20,21)/t11?,13-/m1/s1. The molecule has 0 bridgehead atoms. The Morgan fingerprint density at radius 3 is 2.67 bits per heavy atom. The van der Waals surface area contributed by atoms with E-state index in [4.69, 9.17) is 10.8 Å². The van der Waals surface area contributed by atoms with Crippen molar-refractivity contribution < 1.29 is 14.7 Å². The number of aliphatic carboxylic acids is 1. The summed E-state index contributed by atoms with van der Waals surface area (Å²) in [5.41, 5.74) is 7.44. The van der Waals surface area contributed by atoms with Gasteiger partial charge in [-0.05, 0) is 36.5 Å². The quantitative estimate of drug-likeness (QED) is 0.832. The summed E-state index contributed by atoms with van der Waals surface area (Å²) in [4.78, 5) is 25.1. The Morgan fingerprint density at radius 1 is 1.38 bits per heavy atom. The summed E-state index contributed by atoms with van der Waals surface area (Å²) in [7, 11) is 0. The smallest absolute Gasteiger partial charge is 0.308 e. The van der Waals surface area contributed by atoms with Crippen molar-refractivity contribution in [2.45, 2.75) is 32.1 Å². The molecule has 1 saturated heterocycles. The van der Waals surface area contributed by atoms with Crippen molar-refractivity contribution in [1.29, 1.82) is 0 Å². The molecule has 1 unspecified atom stereocenters. The van der Waals surface area contributed by atoms with Gasteiger partial charge in [0.2, 0.25) is 5.91 Å². The molecule has 21 heavy (non-hydrogen) atoms. The number of hydrogen-bond donors (Lipinski definition) is 2.